The number of benzene rings is 3. The summed E-state index contributed by atoms with van der Waals surface area (Å²) in [5, 5.41) is 2.95. The molecule has 2 aromatic heterocycles. The number of fused-ring (bicyclic) bond motifs is 4. The van der Waals surface area contributed by atoms with Gasteiger partial charge in [0.1, 0.15) is 11.3 Å². The molecule has 0 aliphatic rings. The van der Waals surface area contributed by atoms with Gasteiger partial charge < -0.3 is 10.3 Å². The van der Waals surface area contributed by atoms with Gasteiger partial charge in [0.25, 0.3) is 0 Å². The first kappa shape index (κ1) is 22.3. The van der Waals surface area contributed by atoms with Crippen LogP contribution in [0.15, 0.2) is 71.6 Å². The Hall–Kier alpha value is -3.49. The van der Waals surface area contributed by atoms with Gasteiger partial charge in [0.05, 0.1) is 15.9 Å². The Morgan fingerprint density at radius 1 is 0.941 bits per heavy atom. The number of sulfonamides is 1. The van der Waals surface area contributed by atoms with Crippen molar-refractivity contribution < 1.29 is 8.42 Å². The maximum absolute atomic E-state index is 12.8. The van der Waals surface area contributed by atoms with Crippen molar-refractivity contribution in [1.29, 1.82) is 0 Å². The maximum Gasteiger partial charge on any atom is 0.240 e. The molecule has 0 atom stereocenters. The molecule has 5 rings (SSSR count). The third-order valence-corrected chi connectivity index (χ3v) is 7.60. The highest BCUT2D eigenvalue weighted by Crippen LogP contribution is 2.29. The predicted molar refractivity (Wildman–Crippen MR) is 137 cm³/mol. The van der Waals surface area contributed by atoms with Crippen LogP contribution in [-0.2, 0) is 23.0 Å². The third-order valence-electron chi connectivity index (χ3n) is 6.14. The topological polar surface area (TPSA) is 103 Å². The van der Waals surface area contributed by atoms with Crippen LogP contribution in [0.25, 0.3) is 32.7 Å². The third kappa shape index (κ3) is 4.10. The Kier molecular flexibility index (Phi) is 5.93. The van der Waals surface area contributed by atoms with Crippen LogP contribution in [-0.4, -0.2) is 29.5 Å². The summed E-state index contributed by atoms with van der Waals surface area (Å²) in [5.74, 6) is 1.39. The van der Waals surface area contributed by atoms with Gasteiger partial charge >= 0.3 is 0 Å². The van der Waals surface area contributed by atoms with E-state index in [4.69, 9.17) is 10.7 Å². The summed E-state index contributed by atoms with van der Waals surface area (Å²) in [6, 6.07) is 20.9. The molecule has 0 aliphatic heterocycles. The van der Waals surface area contributed by atoms with Crippen molar-refractivity contribution in [3.8, 4) is 0 Å². The zero-order valence-corrected chi connectivity index (χ0v) is 19.8. The van der Waals surface area contributed by atoms with Gasteiger partial charge in [0, 0.05) is 24.9 Å². The molecule has 0 saturated carbocycles. The van der Waals surface area contributed by atoms with Crippen molar-refractivity contribution >= 4 is 48.5 Å². The van der Waals surface area contributed by atoms with Crippen LogP contribution in [0, 0.1) is 0 Å². The molecule has 2 heterocycles. The molecule has 7 nitrogen and oxygen atoms in total. The zero-order valence-electron chi connectivity index (χ0n) is 19.0. The van der Waals surface area contributed by atoms with E-state index in [1.807, 2.05) is 54.6 Å². The molecule has 0 amide bonds. The largest absolute Gasteiger partial charge is 0.382 e. The lowest BCUT2D eigenvalue weighted by Crippen LogP contribution is -2.25. The predicted octanol–water partition coefficient (Wildman–Crippen LogP) is 4.64. The monoisotopic (exact) mass is 473 g/mol. The van der Waals surface area contributed by atoms with Crippen molar-refractivity contribution in [2.24, 2.45) is 0 Å². The molecule has 3 aromatic carbocycles. The van der Waals surface area contributed by atoms with Crippen LogP contribution in [0.1, 0.15) is 25.6 Å². The van der Waals surface area contributed by atoms with Gasteiger partial charge in [-0.3, -0.25) is 0 Å². The van der Waals surface area contributed by atoms with Gasteiger partial charge in [-0.05, 0) is 41.8 Å². The fourth-order valence-electron chi connectivity index (χ4n) is 4.44. The lowest BCUT2D eigenvalue weighted by Gasteiger charge is -2.11. The number of rotatable bonds is 8. The molecule has 174 valence electrons. The van der Waals surface area contributed by atoms with Crippen molar-refractivity contribution in [1.82, 2.24) is 19.3 Å². The van der Waals surface area contributed by atoms with Crippen molar-refractivity contribution in [2.45, 2.75) is 37.6 Å². The summed E-state index contributed by atoms with van der Waals surface area (Å²) < 4.78 is 30.5. The minimum atomic E-state index is -3.56. The highest BCUT2D eigenvalue weighted by atomic mass is 32.2. The van der Waals surface area contributed by atoms with Crippen LogP contribution < -0.4 is 10.5 Å². The summed E-state index contributed by atoms with van der Waals surface area (Å²) in [4.78, 5) is 9.54. The van der Waals surface area contributed by atoms with E-state index in [1.165, 1.54) is 0 Å². The van der Waals surface area contributed by atoms with Crippen LogP contribution in [0.4, 0.5) is 5.82 Å². The van der Waals surface area contributed by atoms with E-state index in [2.05, 4.69) is 21.2 Å². The fourth-order valence-corrected chi connectivity index (χ4v) is 5.54. The van der Waals surface area contributed by atoms with E-state index in [9.17, 15) is 8.42 Å². The maximum atomic E-state index is 12.8. The van der Waals surface area contributed by atoms with E-state index in [1.54, 1.807) is 12.1 Å². The Balaban J connectivity index is 1.30. The molecule has 34 heavy (non-hydrogen) atoms. The SMILES string of the molecule is CCc1nc2c(N)nc3ccccc3c2n1CCCCNS(=O)(=O)c1ccc2ccccc2c1. The van der Waals surface area contributed by atoms with Crippen molar-refractivity contribution in [2.75, 3.05) is 12.3 Å². The van der Waals surface area contributed by atoms with Crippen molar-refractivity contribution in [3.05, 3.63) is 72.6 Å². The minimum absolute atomic E-state index is 0.287. The molecular formula is C26H27N5O2S. The standard InChI is InChI=1S/C26H27N5O2S/c1-2-23-30-24-25(21-11-5-6-12-22(21)29-26(24)27)31(23)16-8-7-15-28-34(32,33)20-14-13-18-9-3-4-10-19(18)17-20/h3-6,9-14,17,28H,2,7-8,15-16H2,1H3,(H2,27,29). The number of nitrogens with two attached hydrogens (primary N) is 1. The number of anilines is 1. The number of aromatic nitrogens is 3. The summed E-state index contributed by atoms with van der Waals surface area (Å²) in [7, 11) is -3.56. The molecular weight excluding hydrogens is 446 g/mol. The van der Waals surface area contributed by atoms with E-state index in [0.29, 0.717) is 18.8 Å². The average molecular weight is 474 g/mol. The first-order valence-electron chi connectivity index (χ1n) is 11.5. The molecule has 3 N–H and O–H groups in total. The number of imidazole rings is 1. The molecule has 0 fully saturated rings. The van der Waals surface area contributed by atoms with Crippen LogP contribution >= 0.6 is 0 Å². The summed E-state index contributed by atoms with van der Waals surface area (Å²) in [6.07, 6.45) is 2.28. The van der Waals surface area contributed by atoms with Gasteiger partial charge in [-0.1, -0.05) is 55.5 Å². The zero-order chi connectivity index (χ0) is 23.7. The van der Waals surface area contributed by atoms with Crippen LogP contribution in [0.3, 0.4) is 0 Å². The van der Waals surface area contributed by atoms with E-state index in [-0.39, 0.29) is 4.90 Å². The van der Waals surface area contributed by atoms with Crippen LogP contribution in [0.2, 0.25) is 0 Å². The number of hydrogen-bond acceptors (Lipinski definition) is 5. The number of nitrogens with zero attached hydrogens (tertiary/aromatic N) is 3. The quantitative estimate of drug-likeness (QED) is 0.320. The molecule has 0 bridgehead atoms. The highest BCUT2D eigenvalue weighted by Gasteiger charge is 2.17. The minimum Gasteiger partial charge on any atom is -0.382 e. The first-order valence-corrected chi connectivity index (χ1v) is 13.0. The number of aryl methyl sites for hydroxylation is 2. The average Bonchev–Trinajstić information content (AvgIpc) is 3.23. The molecule has 8 heteroatoms. The Bertz CT molecular complexity index is 1610. The molecule has 0 aliphatic carbocycles. The normalized spacial score (nSPS) is 12.1. The van der Waals surface area contributed by atoms with E-state index in [0.717, 1.165) is 57.9 Å². The lowest BCUT2D eigenvalue weighted by molar-refractivity contribution is 0.564. The highest BCUT2D eigenvalue weighted by molar-refractivity contribution is 7.89. The van der Waals surface area contributed by atoms with Gasteiger partial charge in [0.15, 0.2) is 5.82 Å². The number of nitrogen functional groups attached to an aromatic ring is 1. The Morgan fingerprint density at radius 3 is 2.53 bits per heavy atom. The number of hydrogen-bond donors (Lipinski definition) is 2. The second-order valence-corrected chi connectivity index (χ2v) is 10.1. The van der Waals surface area contributed by atoms with Gasteiger partial charge in [0.2, 0.25) is 10.0 Å². The van der Waals surface area contributed by atoms with Gasteiger partial charge in [-0.2, -0.15) is 0 Å². The molecule has 0 saturated heterocycles. The van der Waals surface area contributed by atoms with Gasteiger partial charge in [-0.15, -0.1) is 0 Å². The van der Waals surface area contributed by atoms with Crippen molar-refractivity contribution in [3.63, 3.8) is 0 Å². The Labute approximate surface area is 198 Å². The number of para-hydroxylation sites is 1. The number of pyridine rings is 1. The lowest BCUT2D eigenvalue weighted by atomic mass is 10.1. The van der Waals surface area contributed by atoms with Gasteiger partial charge in [-0.25, -0.2) is 23.1 Å². The Morgan fingerprint density at radius 2 is 1.71 bits per heavy atom. The summed E-state index contributed by atoms with van der Waals surface area (Å²) >= 11 is 0. The van der Waals surface area contributed by atoms with E-state index >= 15 is 0 Å². The number of unbranched alkanes of at least 4 members (excludes halogenated alkanes) is 1. The second-order valence-electron chi connectivity index (χ2n) is 8.36. The summed E-state index contributed by atoms with van der Waals surface area (Å²) in [5.41, 5.74) is 8.78. The molecule has 0 spiro atoms. The summed E-state index contributed by atoms with van der Waals surface area (Å²) in [6.45, 7) is 3.17. The second kappa shape index (κ2) is 9.04. The molecule has 0 radical (unpaired) electrons. The first-order chi connectivity index (χ1) is 16.5. The van der Waals surface area contributed by atoms with Crippen LogP contribution in [0.5, 0.6) is 0 Å². The molecule has 0 unspecified atom stereocenters. The number of nitrogens with one attached hydrogen (secondary N) is 1. The van der Waals surface area contributed by atoms with E-state index < -0.39 is 10.0 Å². The smallest absolute Gasteiger partial charge is 0.240 e. The fraction of sp³-hybridized carbons (Fsp3) is 0.231. The molecule has 5 aromatic rings.